The number of benzene rings is 2. The van der Waals surface area contributed by atoms with Gasteiger partial charge >= 0.3 is 6.09 Å². The molecule has 9 heteroatoms. The van der Waals surface area contributed by atoms with Crippen molar-refractivity contribution in [3.05, 3.63) is 46.4 Å². The van der Waals surface area contributed by atoms with Crippen LogP contribution in [0.15, 0.2) is 46.2 Å². The van der Waals surface area contributed by atoms with Crippen molar-refractivity contribution < 1.29 is 18.3 Å². The molecule has 0 aromatic heterocycles. The summed E-state index contributed by atoms with van der Waals surface area (Å²) >= 11 is 12.5. The Labute approximate surface area is 205 Å². The van der Waals surface area contributed by atoms with Gasteiger partial charge in [-0.2, -0.15) is 4.21 Å². The van der Waals surface area contributed by atoms with Crippen molar-refractivity contribution in [2.24, 2.45) is 0 Å². The summed E-state index contributed by atoms with van der Waals surface area (Å²) in [7, 11) is -4.41. The highest BCUT2D eigenvalue weighted by molar-refractivity contribution is 8.15. The molecule has 33 heavy (non-hydrogen) atoms. The molecule has 2 aromatic rings. The number of carbonyl (C=O) groups is 1. The fourth-order valence-corrected chi connectivity index (χ4v) is 7.47. The van der Waals surface area contributed by atoms with Crippen LogP contribution in [0.25, 0.3) is 0 Å². The molecule has 0 bridgehead atoms. The molecular weight excluding hydrogens is 483 g/mol. The van der Waals surface area contributed by atoms with Crippen molar-refractivity contribution in [1.29, 1.82) is 0 Å². The molecule has 1 N–H and O–H groups in total. The van der Waals surface area contributed by atoms with E-state index in [1.807, 2.05) is 20.8 Å². The molecular formula is C24H30Cl2N2O4S. The fourth-order valence-electron chi connectivity index (χ4n) is 4.63. The smallest absolute Gasteiger partial charge is 0.410 e. The van der Waals surface area contributed by atoms with Gasteiger partial charge in [-0.1, -0.05) is 23.2 Å². The molecule has 1 fully saturated rings. The highest BCUT2D eigenvalue weighted by Crippen LogP contribution is 2.55. The van der Waals surface area contributed by atoms with Gasteiger partial charge in [0.15, 0.2) is 0 Å². The number of anilines is 2. The van der Waals surface area contributed by atoms with E-state index in [4.69, 9.17) is 27.9 Å². The Morgan fingerprint density at radius 3 is 2.09 bits per heavy atom. The van der Waals surface area contributed by atoms with Crippen LogP contribution in [-0.4, -0.2) is 50.7 Å². The first kappa shape index (κ1) is 24.3. The van der Waals surface area contributed by atoms with E-state index in [0.717, 1.165) is 12.8 Å². The van der Waals surface area contributed by atoms with Gasteiger partial charge in [-0.25, -0.2) is 4.79 Å². The fraction of sp³-hybridized carbons (Fsp3) is 0.458. The number of carbonyl (C=O) groups excluding carboxylic acids is 1. The lowest BCUT2D eigenvalue weighted by Gasteiger charge is -2.50. The van der Waals surface area contributed by atoms with Gasteiger partial charge in [0.1, 0.15) is 5.60 Å². The van der Waals surface area contributed by atoms with Crippen molar-refractivity contribution in [2.75, 3.05) is 24.2 Å². The number of rotatable bonds is 1. The molecule has 1 saturated heterocycles. The van der Waals surface area contributed by atoms with Crippen LogP contribution >= 0.6 is 23.2 Å². The van der Waals surface area contributed by atoms with Gasteiger partial charge in [0.25, 0.3) is 0 Å². The minimum Gasteiger partial charge on any atom is -0.444 e. The lowest BCUT2D eigenvalue weighted by Crippen LogP contribution is -2.43. The van der Waals surface area contributed by atoms with E-state index >= 15 is 0 Å². The summed E-state index contributed by atoms with van der Waals surface area (Å²) in [6.45, 7) is 6.71. The van der Waals surface area contributed by atoms with Crippen molar-refractivity contribution in [1.82, 2.24) is 4.90 Å². The van der Waals surface area contributed by atoms with E-state index in [-0.39, 0.29) is 12.1 Å². The van der Waals surface area contributed by atoms with Crippen LogP contribution in [0.4, 0.5) is 16.2 Å². The number of likely N-dealkylation sites (tertiary alicyclic amines) is 1. The molecule has 4 rings (SSSR count). The topological polar surface area (TPSA) is 70.1 Å². The number of fused-ring (bicyclic) bond motifs is 2. The zero-order valence-electron chi connectivity index (χ0n) is 19.3. The van der Waals surface area contributed by atoms with E-state index in [1.54, 1.807) is 41.3 Å². The van der Waals surface area contributed by atoms with E-state index in [2.05, 4.69) is 4.90 Å². The van der Waals surface area contributed by atoms with Crippen molar-refractivity contribution in [3.63, 3.8) is 0 Å². The van der Waals surface area contributed by atoms with Gasteiger partial charge in [0.2, 0.25) is 0 Å². The Hall–Kier alpha value is -1.80. The second kappa shape index (κ2) is 8.15. The van der Waals surface area contributed by atoms with Gasteiger partial charge in [-0.3, -0.25) is 4.55 Å². The summed E-state index contributed by atoms with van der Waals surface area (Å²) < 4.78 is 31.2. The van der Waals surface area contributed by atoms with Gasteiger partial charge < -0.3 is 14.5 Å². The number of nitrogens with zero attached hydrogens (tertiary/aromatic N) is 2. The molecule has 2 heterocycles. The van der Waals surface area contributed by atoms with Gasteiger partial charge in [-0.15, -0.1) is 9.35 Å². The van der Waals surface area contributed by atoms with Crippen molar-refractivity contribution in [3.8, 4) is 0 Å². The minimum absolute atomic E-state index is 0.0145. The Bertz CT molecular complexity index is 1110. The van der Waals surface area contributed by atoms with Crippen LogP contribution in [0, 0.1) is 0 Å². The number of hydrogen-bond acceptors (Lipinski definition) is 4. The largest absolute Gasteiger partial charge is 0.444 e. The molecule has 1 atom stereocenters. The molecule has 2 aliphatic rings. The summed E-state index contributed by atoms with van der Waals surface area (Å²) in [5.41, 5.74) is 0.767. The first-order valence-corrected chi connectivity index (χ1v) is 14.1. The van der Waals surface area contributed by atoms with Crippen LogP contribution in [-0.2, 0) is 14.1 Å². The Morgan fingerprint density at radius 2 is 1.58 bits per heavy atom. The first-order valence-electron chi connectivity index (χ1n) is 11.0. The van der Waals surface area contributed by atoms with E-state index in [1.165, 1.54) is 6.26 Å². The van der Waals surface area contributed by atoms with Crippen molar-refractivity contribution in [2.45, 2.75) is 61.5 Å². The zero-order valence-corrected chi connectivity index (χ0v) is 21.6. The lowest BCUT2D eigenvalue weighted by atomic mass is 10.0. The molecule has 6 nitrogen and oxygen atoms in total. The molecule has 2 aromatic carbocycles. The second-order valence-corrected chi connectivity index (χ2v) is 14.2. The third-order valence-electron chi connectivity index (χ3n) is 6.11. The van der Waals surface area contributed by atoms with Crippen LogP contribution in [0.1, 0.15) is 40.0 Å². The third-order valence-corrected chi connectivity index (χ3v) is 9.31. The van der Waals surface area contributed by atoms with E-state index in [0.29, 0.717) is 50.7 Å². The molecule has 0 radical (unpaired) electrons. The number of amides is 1. The Balaban J connectivity index is 1.74. The van der Waals surface area contributed by atoms with Crippen LogP contribution < -0.4 is 4.90 Å². The quantitative estimate of drug-likeness (QED) is 0.467. The van der Waals surface area contributed by atoms with Crippen LogP contribution in [0.5, 0.6) is 0 Å². The number of halogens is 2. The number of ether oxygens (including phenoxy) is 1. The SMILES string of the molecule is CC(C)(C)OC(=O)N1CCC[C@@H](N2c3ccc(Cl)cc3S(C)(=O)(O)c3cc(Cl)ccc32)CC1. The summed E-state index contributed by atoms with van der Waals surface area (Å²) in [5, 5.41) is 0.789. The Kier molecular flexibility index (Phi) is 6.01. The van der Waals surface area contributed by atoms with Gasteiger partial charge in [-0.05, 0) is 76.4 Å². The van der Waals surface area contributed by atoms with Crippen molar-refractivity contribution >= 4 is 50.0 Å². The zero-order chi connectivity index (χ0) is 24.2. The van der Waals surface area contributed by atoms with Gasteiger partial charge in [0.05, 0.1) is 21.2 Å². The lowest BCUT2D eigenvalue weighted by molar-refractivity contribution is 0.0256. The van der Waals surface area contributed by atoms with E-state index < -0.39 is 14.9 Å². The predicted octanol–water partition coefficient (Wildman–Crippen LogP) is 6.58. The highest BCUT2D eigenvalue weighted by Gasteiger charge is 2.42. The summed E-state index contributed by atoms with van der Waals surface area (Å²) in [6.07, 6.45) is 3.33. The minimum atomic E-state index is -4.41. The molecule has 1 amide bonds. The van der Waals surface area contributed by atoms with Crippen LogP contribution in [0.2, 0.25) is 10.0 Å². The van der Waals surface area contributed by atoms with E-state index in [9.17, 15) is 13.6 Å². The molecule has 0 saturated carbocycles. The standard InChI is InChI=1S/C24H30Cl2N2O4S/c1-24(2,3)32-23(29)27-12-5-6-18(11-13-27)28-19-9-7-16(25)14-21(19)33(4,30,31)22-15-17(26)8-10-20(22)28/h7-10,14-15,18H,5-6,11-13H2,1-4H3,(H,30,31)/t18-/m1/s1. The number of hydrogen-bond donors (Lipinski definition) is 1. The summed E-state index contributed by atoms with van der Waals surface area (Å²) in [4.78, 5) is 17.1. The normalized spacial score (nSPS) is 22.9. The highest BCUT2D eigenvalue weighted by atomic mass is 35.5. The predicted molar refractivity (Wildman–Crippen MR) is 134 cm³/mol. The molecule has 0 spiro atoms. The first-order chi connectivity index (χ1) is 15.3. The molecule has 0 aliphatic carbocycles. The maximum absolute atomic E-state index is 14.1. The molecule has 2 aliphatic heterocycles. The summed E-state index contributed by atoms with van der Waals surface area (Å²) in [5.74, 6) is 0. The summed E-state index contributed by atoms with van der Waals surface area (Å²) in [6, 6.07) is 10.2. The van der Waals surface area contributed by atoms with Crippen LogP contribution in [0.3, 0.4) is 0 Å². The van der Waals surface area contributed by atoms with Gasteiger partial charge in [0, 0.05) is 35.4 Å². The monoisotopic (exact) mass is 512 g/mol. The second-order valence-electron chi connectivity index (χ2n) is 9.93. The average molecular weight is 513 g/mol. The maximum Gasteiger partial charge on any atom is 0.410 e. The third kappa shape index (κ3) is 4.61. The molecule has 0 unspecified atom stereocenters. The molecule has 180 valence electrons. The maximum atomic E-state index is 14.1. The Morgan fingerprint density at radius 1 is 1.03 bits per heavy atom. The average Bonchev–Trinajstić information content (AvgIpc) is 2.94.